The third-order valence-electron chi connectivity index (χ3n) is 8.51. The van der Waals surface area contributed by atoms with Crippen molar-refractivity contribution in [3.8, 4) is 11.5 Å². The van der Waals surface area contributed by atoms with Gasteiger partial charge in [0.2, 0.25) is 5.78 Å². The van der Waals surface area contributed by atoms with E-state index in [0.29, 0.717) is 58.8 Å². The number of hydrogen-bond donors (Lipinski definition) is 0. The van der Waals surface area contributed by atoms with E-state index in [9.17, 15) is 14.4 Å². The van der Waals surface area contributed by atoms with Crippen molar-refractivity contribution in [2.75, 3.05) is 26.4 Å². The summed E-state index contributed by atoms with van der Waals surface area (Å²) in [5.74, 6) is 0.0848. The fraction of sp³-hybridized carbons (Fsp3) is 0.513. The van der Waals surface area contributed by atoms with Gasteiger partial charge in [0, 0.05) is 11.1 Å². The molecule has 0 aromatic heterocycles. The van der Waals surface area contributed by atoms with Gasteiger partial charge in [-0.3, -0.25) is 4.79 Å². The summed E-state index contributed by atoms with van der Waals surface area (Å²) in [5.41, 5.74) is 1.51. The van der Waals surface area contributed by atoms with E-state index in [-0.39, 0.29) is 24.4 Å². The first-order valence-corrected chi connectivity index (χ1v) is 17.2. The van der Waals surface area contributed by atoms with E-state index in [4.69, 9.17) is 18.9 Å². The Morgan fingerprint density at radius 3 is 1.26 bits per heavy atom. The number of ketones is 1. The molecule has 46 heavy (non-hydrogen) atoms. The van der Waals surface area contributed by atoms with Crippen molar-refractivity contribution in [2.24, 2.45) is 11.8 Å². The first kappa shape index (κ1) is 36.6. The molecule has 0 aliphatic heterocycles. The zero-order chi connectivity index (χ0) is 33.5. The largest absolute Gasteiger partial charge is 0.493 e. The highest BCUT2D eigenvalue weighted by Crippen LogP contribution is 2.44. The SMILES string of the molecule is CCCCC(CC)COc1ccc(C2=C(C(=O)OCC)C(=O)C(C(=O)OCC)=C2c2ccc(OCC(CC)CCCC)cc2)cc1. The number of ether oxygens (including phenoxy) is 4. The summed E-state index contributed by atoms with van der Waals surface area (Å²) in [4.78, 5) is 40.4. The lowest BCUT2D eigenvalue weighted by Crippen LogP contribution is -2.20. The summed E-state index contributed by atoms with van der Waals surface area (Å²) in [5, 5.41) is 0. The van der Waals surface area contributed by atoms with Crippen molar-refractivity contribution in [2.45, 2.75) is 92.9 Å². The fourth-order valence-electron chi connectivity index (χ4n) is 5.64. The van der Waals surface area contributed by atoms with Gasteiger partial charge in [0.25, 0.3) is 0 Å². The summed E-state index contributed by atoms with van der Waals surface area (Å²) in [7, 11) is 0. The monoisotopic (exact) mass is 632 g/mol. The van der Waals surface area contributed by atoms with Crippen LogP contribution < -0.4 is 9.47 Å². The molecule has 0 heterocycles. The smallest absolute Gasteiger partial charge is 0.342 e. The molecule has 0 N–H and O–H groups in total. The van der Waals surface area contributed by atoms with Gasteiger partial charge in [-0.05, 0) is 73.9 Å². The molecule has 0 amide bonds. The number of unbranched alkanes of at least 4 members (excludes halogenated alkanes) is 2. The van der Waals surface area contributed by atoms with E-state index < -0.39 is 17.7 Å². The molecule has 0 fully saturated rings. The molecule has 2 unspecified atom stereocenters. The maximum Gasteiger partial charge on any atom is 0.342 e. The highest BCUT2D eigenvalue weighted by Gasteiger charge is 2.42. The second-order valence-corrected chi connectivity index (χ2v) is 11.8. The summed E-state index contributed by atoms with van der Waals surface area (Å²) in [6.07, 6.45) is 8.97. The van der Waals surface area contributed by atoms with Crippen molar-refractivity contribution in [3.63, 3.8) is 0 Å². The molecular formula is C39H52O7. The number of esters is 2. The van der Waals surface area contributed by atoms with E-state index in [1.807, 2.05) is 48.5 Å². The molecule has 7 heteroatoms. The minimum Gasteiger partial charge on any atom is -0.493 e. The maximum absolute atomic E-state index is 13.9. The summed E-state index contributed by atoms with van der Waals surface area (Å²) < 4.78 is 22.9. The maximum atomic E-state index is 13.9. The van der Waals surface area contributed by atoms with Crippen LogP contribution in [0, 0.1) is 11.8 Å². The average Bonchev–Trinajstić information content (AvgIpc) is 3.38. The van der Waals surface area contributed by atoms with Crippen LogP contribution in [0.3, 0.4) is 0 Å². The zero-order valence-electron chi connectivity index (χ0n) is 28.6. The molecule has 0 spiro atoms. The molecule has 3 rings (SSSR count). The number of benzene rings is 2. The Balaban J connectivity index is 2.02. The standard InChI is InChI=1S/C39H52O7/c1-7-13-15-27(9-3)25-45-31-21-17-29(18-22-31)33-34(36(39(42)44-12-6)37(40)35(33)38(41)43-11-5)30-19-23-32(24-20-30)46-26-28(10-4)16-14-8-2/h17-24,27-28H,7-16,25-26H2,1-6H3. The minimum absolute atomic E-state index is 0.0828. The molecule has 0 saturated heterocycles. The number of allylic oxidation sites excluding steroid dienone is 2. The fourth-order valence-corrected chi connectivity index (χ4v) is 5.64. The minimum atomic E-state index is -0.779. The van der Waals surface area contributed by atoms with Crippen LogP contribution in [0.4, 0.5) is 0 Å². The predicted octanol–water partition coefficient (Wildman–Crippen LogP) is 8.79. The Morgan fingerprint density at radius 1 is 0.587 bits per heavy atom. The van der Waals surface area contributed by atoms with Crippen LogP contribution in [0.15, 0.2) is 59.7 Å². The number of rotatable bonds is 20. The summed E-state index contributed by atoms with van der Waals surface area (Å²) >= 11 is 0. The van der Waals surface area contributed by atoms with Crippen molar-refractivity contribution >= 4 is 28.9 Å². The second-order valence-electron chi connectivity index (χ2n) is 11.8. The van der Waals surface area contributed by atoms with Crippen LogP contribution in [0.5, 0.6) is 11.5 Å². The summed E-state index contributed by atoms with van der Waals surface area (Å²) in [6, 6.07) is 14.6. The highest BCUT2D eigenvalue weighted by molar-refractivity contribution is 6.47. The number of hydrogen-bond acceptors (Lipinski definition) is 7. The third kappa shape index (κ3) is 9.57. The molecule has 0 saturated carbocycles. The molecule has 7 nitrogen and oxygen atoms in total. The highest BCUT2D eigenvalue weighted by atomic mass is 16.5. The first-order chi connectivity index (χ1) is 22.3. The lowest BCUT2D eigenvalue weighted by molar-refractivity contribution is -0.140. The molecule has 0 bridgehead atoms. The van der Waals surface area contributed by atoms with E-state index >= 15 is 0 Å². The zero-order valence-corrected chi connectivity index (χ0v) is 28.6. The van der Waals surface area contributed by atoms with E-state index in [2.05, 4.69) is 27.7 Å². The molecule has 2 atom stereocenters. The Kier molecular flexibility index (Phi) is 15.1. The van der Waals surface area contributed by atoms with Crippen LogP contribution in [0.25, 0.3) is 11.1 Å². The van der Waals surface area contributed by atoms with Crippen LogP contribution >= 0.6 is 0 Å². The number of Topliss-reactive ketones (excluding diaryl/α,β-unsaturated/α-hetero) is 1. The molecule has 2 aromatic rings. The van der Waals surface area contributed by atoms with Crippen LogP contribution in [-0.2, 0) is 23.9 Å². The Hall–Kier alpha value is -3.87. The molecular weight excluding hydrogens is 580 g/mol. The average molecular weight is 633 g/mol. The van der Waals surface area contributed by atoms with Crippen LogP contribution in [-0.4, -0.2) is 44.1 Å². The molecule has 2 aromatic carbocycles. The van der Waals surface area contributed by atoms with E-state index in [1.165, 1.54) is 12.8 Å². The van der Waals surface area contributed by atoms with Gasteiger partial charge in [-0.15, -0.1) is 0 Å². The predicted molar refractivity (Wildman–Crippen MR) is 183 cm³/mol. The van der Waals surface area contributed by atoms with Gasteiger partial charge in [0.15, 0.2) is 0 Å². The van der Waals surface area contributed by atoms with E-state index in [0.717, 1.165) is 38.5 Å². The van der Waals surface area contributed by atoms with Crippen molar-refractivity contribution < 1.29 is 33.3 Å². The lowest BCUT2D eigenvalue weighted by Gasteiger charge is -2.17. The molecule has 250 valence electrons. The summed E-state index contributed by atoms with van der Waals surface area (Å²) in [6.45, 7) is 13.5. The Morgan fingerprint density at radius 2 is 0.957 bits per heavy atom. The van der Waals surface area contributed by atoms with Crippen molar-refractivity contribution in [1.29, 1.82) is 0 Å². The van der Waals surface area contributed by atoms with Gasteiger partial charge in [0.1, 0.15) is 22.6 Å². The normalized spacial score (nSPS) is 14.3. The van der Waals surface area contributed by atoms with Crippen LogP contribution in [0.1, 0.15) is 104 Å². The van der Waals surface area contributed by atoms with Crippen LogP contribution in [0.2, 0.25) is 0 Å². The molecule has 1 aliphatic carbocycles. The van der Waals surface area contributed by atoms with Gasteiger partial charge in [-0.25, -0.2) is 9.59 Å². The first-order valence-electron chi connectivity index (χ1n) is 17.2. The lowest BCUT2D eigenvalue weighted by atomic mass is 9.91. The molecule has 1 aliphatic rings. The second kappa shape index (κ2) is 18.9. The number of carbonyl (C=O) groups excluding carboxylic acids is 3. The van der Waals surface area contributed by atoms with Gasteiger partial charge in [-0.2, -0.15) is 0 Å². The Bertz CT molecular complexity index is 1250. The van der Waals surface area contributed by atoms with Crippen molar-refractivity contribution in [1.82, 2.24) is 0 Å². The van der Waals surface area contributed by atoms with E-state index in [1.54, 1.807) is 13.8 Å². The Labute approximate surface area is 275 Å². The van der Waals surface area contributed by atoms with Gasteiger partial charge in [-0.1, -0.05) is 90.5 Å². The third-order valence-corrected chi connectivity index (χ3v) is 8.51. The quantitative estimate of drug-likeness (QED) is 0.106. The van der Waals surface area contributed by atoms with Gasteiger partial charge >= 0.3 is 11.9 Å². The van der Waals surface area contributed by atoms with Gasteiger partial charge in [0.05, 0.1) is 26.4 Å². The van der Waals surface area contributed by atoms with Crippen molar-refractivity contribution in [3.05, 3.63) is 70.8 Å². The molecule has 0 radical (unpaired) electrons. The topological polar surface area (TPSA) is 88.1 Å². The number of carbonyl (C=O) groups is 3. The van der Waals surface area contributed by atoms with Gasteiger partial charge < -0.3 is 18.9 Å².